The van der Waals surface area contributed by atoms with E-state index in [1.54, 1.807) is 0 Å². The molecule has 40 heavy (non-hydrogen) atoms. The minimum Gasteiger partial charge on any atom is -0.309 e. The van der Waals surface area contributed by atoms with Gasteiger partial charge in [0.1, 0.15) is 5.82 Å². The summed E-state index contributed by atoms with van der Waals surface area (Å²) in [5.74, 6) is 0.918. The summed E-state index contributed by atoms with van der Waals surface area (Å²) < 4.78 is 4.80. The number of hydrogen-bond donors (Lipinski definition) is 0. The van der Waals surface area contributed by atoms with Crippen LogP contribution in [0.2, 0.25) is 0 Å². The second kappa shape index (κ2) is 8.05. The highest BCUT2D eigenvalue weighted by Gasteiger charge is 2.20. The molecule has 0 atom stereocenters. The van der Waals surface area contributed by atoms with Crippen molar-refractivity contribution >= 4 is 59.9 Å². The molecule has 0 fully saturated rings. The van der Waals surface area contributed by atoms with Gasteiger partial charge in [-0.2, -0.15) is 0 Å². The van der Waals surface area contributed by atoms with Gasteiger partial charge < -0.3 is 4.40 Å². The molecule has 5 aromatic carbocycles. The summed E-state index contributed by atoms with van der Waals surface area (Å²) in [6.07, 6.45) is 0. The highest BCUT2D eigenvalue weighted by Crippen LogP contribution is 2.41. The summed E-state index contributed by atoms with van der Waals surface area (Å²) in [5, 5.41) is 7.45. The second-order valence-corrected chi connectivity index (χ2v) is 10.4. The number of aromatic nitrogens is 3. The van der Waals surface area contributed by atoms with Crippen molar-refractivity contribution in [2.45, 2.75) is 0 Å². The first kappa shape index (κ1) is 21.5. The maximum absolute atomic E-state index is 5.23. The Balaban J connectivity index is 1.52. The molecule has 3 heteroatoms. The third-order valence-corrected chi connectivity index (χ3v) is 8.27. The zero-order chi connectivity index (χ0) is 26.2. The maximum atomic E-state index is 5.23. The van der Waals surface area contributed by atoms with Crippen molar-refractivity contribution in [1.82, 2.24) is 14.0 Å². The quantitative estimate of drug-likeness (QED) is 0.213. The lowest BCUT2D eigenvalue weighted by Crippen LogP contribution is -2.00. The fraction of sp³-hybridized carbons (Fsp3) is 0. The lowest BCUT2D eigenvalue weighted by molar-refractivity contribution is 1.09. The van der Waals surface area contributed by atoms with Crippen LogP contribution in [0.15, 0.2) is 140 Å². The minimum atomic E-state index is 0.918. The average molecular weight is 510 g/mol. The van der Waals surface area contributed by atoms with Gasteiger partial charge in [0.15, 0.2) is 0 Å². The lowest BCUT2D eigenvalue weighted by atomic mass is 10.0. The number of benzene rings is 5. The predicted octanol–water partition coefficient (Wildman–Crippen LogP) is 9.56. The van der Waals surface area contributed by atoms with E-state index in [-0.39, 0.29) is 0 Å². The number of para-hydroxylation sites is 2. The molecule has 0 amide bonds. The molecule has 4 heterocycles. The molecule has 4 aromatic heterocycles. The van der Waals surface area contributed by atoms with E-state index in [0.717, 1.165) is 22.6 Å². The molecule has 0 saturated heterocycles. The number of rotatable bonds is 2. The van der Waals surface area contributed by atoms with Crippen LogP contribution >= 0.6 is 0 Å². The Bertz CT molecular complexity index is 2430. The Hall–Kier alpha value is -5.41. The summed E-state index contributed by atoms with van der Waals surface area (Å²) in [4.78, 5) is 5.23. The van der Waals surface area contributed by atoms with E-state index in [9.17, 15) is 0 Å². The van der Waals surface area contributed by atoms with Gasteiger partial charge in [0.05, 0.1) is 33.3 Å². The molecule has 186 valence electrons. The monoisotopic (exact) mass is 509 g/mol. The summed E-state index contributed by atoms with van der Waals surface area (Å²) in [6.45, 7) is 0. The van der Waals surface area contributed by atoms with Crippen LogP contribution in [0.4, 0.5) is 0 Å². The highest BCUT2D eigenvalue weighted by atomic mass is 15.1. The van der Waals surface area contributed by atoms with E-state index in [4.69, 9.17) is 4.98 Å². The van der Waals surface area contributed by atoms with Gasteiger partial charge in [-0.05, 0) is 41.8 Å². The molecule has 0 unspecified atom stereocenters. The van der Waals surface area contributed by atoms with Crippen LogP contribution in [0, 0.1) is 0 Å². The zero-order valence-electron chi connectivity index (χ0n) is 21.6. The highest BCUT2D eigenvalue weighted by molar-refractivity contribution is 6.27. The van der Waals surface area contributed by atoms with Crippen LogP contribution in [0.3, 0.4) is 0 Å². The molecule has 0 aliphatic carbocycles. The molecule has 0 aliphatic heterocycles. The number of fused-ring (bicyclic) bond motifs is 12. The van der Waals surface area contributed by atoms with E-state index >= 15 is 0 Å². The third kappa shape index (κ3) is 2.86. The van der Waals surface area contributed by atoms with Gasteiger partial charge >= 0.3 is 0 Å². The molecule has 3 nitrogen and oxygen atoms in total. The zero-order valence-corrected chi connectivity index (χ0v) is 21.6. The van der Waals surface area contributed by atoms with E-state index in [0.29, 0.717) is 0 Å². The van der Waals surface area contributed by atoms with Crippen molar-refractivity contribution in [1.29, 1.82) is 0 Å². The lowest BCUT2D eigenvalue weighted by Gasteiger charge is -2.14. The molecule has 0 N–H and O–H groups in total. The number of pyridine rings is 2. The van der Waals surface area contributed by atoms with E-state index < -0.39 is 0 Å². The number of nitrogens with zero attached hydrogens (tertiary/aromatic N) is 3. The normalized spacial score (nSPS) is 12.0. The maximum Gasteiger partial charge on any atom is 0.138 e. The van der Waals surface area contributed by atoms with Gasteiger partial charge in [-0.1, -0.05) is 103 Å². The standard InChI is InChI=1S/C37H23N3/c1-2-11-24(12-3-1)30-17-10-20-35(38-30)40-32-19-9-7-15-27(32)29-21-22-33-36(37(29)40)28-16-6-5-14-26(28)34-23-25-13-4-8-18-31(25)39(33)34/h1-23H. The summed E-state index contributed by atoms with van der Waals surface area (Å²) in [5.41, 5.74) is 8.08. The largest absolute Gasteiger partial charge is 0.309 e. The van der Waals surface area contributed by atoms with Crippen LogP contribution in [-0.4, -0.2) is 14.0 Å². The first-order chi connectivity index (χ1) is 19.9. The van der Waals surface area contributed by atoms with Crippen molar-refractivity contribution in [3.8, 4) is 17.1 Å². The van der Waals surface area contributed by atoms with Gasteiger partial charge in [-0.3, -0.25) is 4.57 Å². The average Bonchev–Trinajstić information content (AvgIpc) is 3.58. The van der Waals surface area contributed by atoms with Gasteiger partial charge in [0.25, 0.3) is 0 Å². The molecule has 0 bridgehead atoms. The van der Waals surface area contributed by atoms with Crippen LogP contribution in [-0.2, 0) is 0 Å². The van der Waals surface area contributed by atoms with Gasteiger partial charge in [0, 0.05) is 32.5 Å². The Kier molecular flexibility index (Phi) is 4.33. The molecule has 0 spiro atoms. The summed E-state index contributed by atoms with van der Waals surface area (Å²) in [6, 6.07) is 49.9. The van der Waals surface area contributed by atoms with Gasteiger partial charge in [-0.15, -0.1) is 0 Å². The van der Waals surface area contributed by atoms with Crippen molar-refractivity contribution in [2.75, 3.05) is 0 Å². The van der Waals surface area contributed by atoms with Crippen LogP contribution in [0.25, 0.3) is 77.0 Å². The third-order valence-electron chi connectivity index (χ3n) is 8.27. The summed E-state index contributed by atoms with van der Waals surface area (Å²) >= 11 is 0. The topological polar surface area (TPSA) is 22.2 Å². The smallest absolute Gasteiger partial charge is 0.138 e. The molecule has 0 aliphatic rings. The Morgan fingerprint density at radius 1 is 0.450 bits per heavy atom. The predicted molar refractivity (Wildman–Crippen MR) is 167 cm³/mol. The van der Waals surface area contributed by atoms with Crippen molar-refractivity contribution in [3.05, 3.63) is 140 Å². The van der Waals surface area contributed by atoms with Crippen molar-refractivity contribution in [3.63, 3.8) is 0 Å². The first-order valence-electron chi connectivity index (χ1n) is 13.7. The molecule has 0 saturated carbocycles. The molecule has 9 aromatic rings. The SMILES string of the molecule is c1ccc(-c2cccc(-n3c4ccccc4c4ccc5c(c6ccccc6c6cc7ccccc7n65)c43)n2)cc1. The van der Waals surface area contributed by atoms with Crippen molar-refractivity contribution < 1.29 is 0 Å². The molecule has 0 radical (unpaired) electrons. The number of hydrogen-bond acceptors (Lipinski definition) is 1. The van der Waals surface area contributed by atoms with Crippen LogP contribution < -0.4 is 0 Å². The van der Waals surface area contributed by atoms with Crippen LogP contribution in [0.1, 0.15) is 0 Å². The Morgan fingerprint density at radius 2 is 1.15 bits per heavy atom. The van der Waals surface area contributed by atoms with Crippen molar-refractivity contribution in [2.24, 2.45) is 0 Å². The second-order valence-electron chi connectivity index (χ2n) is 10.4. The van der Waals surface area contributed by atoms with Crippen LogP contribution in [0.5, 0.6) is 0 Å². The molecule has 9 rings (SSSR count). The first-order valence-corrected chi connectivity index (χ1v) is 13.7. The van der Waals surface area contributed by atoms with E-state index in [2.05, 4.69) is 142 Å². The Labute approximate surface area is 230 Å². The van der Waals surface area contributed by atoms with E-state index in [1.165, 1.54) is 54.4 Å². The molecular formula is C37H23N3. The fourth-order valence-electron chi connectivity index (χ4n) is 6.59. The minimum absolute atomic E-state index is 0.918. The van der Waals surface area contributed by atoms with Gasteiger partial charge in [0.2, 0.25) is 0 Å². The fourth-order valence-corrected chi connectivity index (χ4v) is 6.59. The Morgan fingerprint density at radius 3 is 2.00 bits per heavy atom. The summed E-state index contributed by atoms with van der Waals surface area (Å²) in [7, 11) is 0. The van der Waals surface area contributed by atoms with Gasteiger partial charge in [-0.25, -0.2) is 4.98 Å². The molecular weight excluding hydrogens is 486 g/mol. The van der Waals surface area contributed by atoms with E-state index in [1.807, 2.05) is 6.07 Å².